The summed E-state index contributed by atoms with van der Waals surface area (Å²) >= 11 is 0. The lowest BCUT2D eigenvalue weighted by Crippen LogP contribution is -2.53. The quantitative estimate of drug-likeness (QED) is 0.364. The molecule has 0 spiro atoms. The fraction of sp³-hybridized carbons (Fsp3) is 0.350. The van der Waals surface area contributed by atoms with E-state index in [4.69, 9.17) is 0 Å². The van der Waals surface area contributed by atoms with Crippen LogP contribution in [0.1, 0.15) is 0 Å². The number of anilines is 1. The normalized spacial score (nSPS) is 15.6. The summed E-state index contributed by atoms with van der Waals surface area (Å²) in [6.45, 7) is 2.94. The van der Waals surface area contributed by atoms with Gasteiger partial charge in [-0.25, -0.2) is 8.78 Å². The second-order valence-corrected chi connectivity index (χ2v) is 7.98. The number of aliphatic imine (C=N–C) groups is 1. The summed E-state index contributed by atoms with van der Waals surface area (Å²) in [5.41, 5.74) is 0.292. The number of halogens is 3. The van der Waals surface area contributed by atoms with Gasteiger partial charge in [-0.15, -0.1) is 24.0 Å². The molecule has 9 heteroatoms. The summed E-state index contributed by atoms with van der Waals surface area (Å²) in [7, 11) is 0.640. The maximum absolute atomic E-state index is 14.0. The van der Waals surface area contributed by atoms with Crippen LogP contribution in [-0.4, -0.2) is 60.6 Å². The molecule has 29 heavy (non-hydrogen) atoms. The van der Waals surface area contributed by atoms with Crippen LogP contribution < -0.4 is 10.2 Å². The summed E-state index contributed by atoms with van der Waals surface area (Å²) in [6.07, 6.45) is 0. The molecule has 0 aromatic heterocycles. The Balaban J connectivity index is 0.00000300. The van der Waals surface area contributed by atoms with Gasteiger partial charge in [-0.1, -0.05) is 18.2 Å². The second kappa shape index (κ2) is 11.4. The lowest BCUT2D eigenvalue weighted by Gasteiger charge is -2.37. The smallest absolute Gasteiger partial charge is 0.193 e. The SMILES string of the molecule is CN=C(NCCS(=O)c1ccccc1)N1CCN(c2cc(F)ccc2F)CC1.I. The molecule has 1 atom stereocenters. The van der Waals surface area contributed by atoms with E-state index in [0.29, 0.717) is 44.2 Å². The molecule has 1 heterocycles. The summed E-state index contributed by atoms with van der Waals surface area (Å²) in [6, 6.07) is 12.9. The van der Waals surface area contributed by atoms with Gasteiger partial charge in [-0.2, -0.15) is 0 Å². The van der Waals surface area contributed by atoms with Gasteiger partial charge < -0.3 is 15.1 Å². The Morgan fingerprint density at radius 3 is 2.45 bits per heavy atom. The topological polar surface area (TPSA) is 47.9 Å². The molecule has 1 aliphatic heterocycles. The zero-order valence-electron chi connectivity index (χ0n) is 16.2. The Bertz CT molecular complexity index is 846. The molecule has 158 valence electrons. The van der Waals surface area contributed by atoms with E-state index in [1.54, 1.807) is 7.05 Å². The van der Waals surface area contributed by atoms with Crippen LogP contribution in [0.4, 0.5) is 14.5 Å². The number of benzene rings is 2. The minimum atomic E-state index is -1.06. The molecule has 3 rings (SSSR count). The number of hydrogen-bond acceptors (Lipinski definition) is 3. The van der Waals surface area contributed by atoms with Crippen molar-refractivity contribution in [2.45, 2.75) is 4.90 Å². The number of piperazine rings is 1. The average Bonchev–Trinajstić information content (AvgIpc) is 2.74. The van der Waals surface area contributed by atoms with Crippen LogP contribution in [0, 0.1) is 11.6 Å². The summed E-state index contributed by atoms with van der Waals surface area (Å²) in [5.74, 6) is 0.352. The first-order chi connectivity index (χ1) is 13.6. The predicted molar refractivity (Wildman–Crippen MR) is 125 cm³/mol. The van der Waals surface area contributed by atoms with E-state index in [-0.39, 0.29) is 24.0 Å². The van der Waals surface area contributed by atoms with Gasteiger partial charge >= 0.3 is 0 Å². The molecule has 0 radical (unpaired) electrons. The maximum atomic E-state index is 14.0. The van der Waals surface area contributed by atoms with Gasteiger partial charge in [0.1, 0.15) is 11.6 Å². The number of nitrogens with zero attached hydrogens (tertiary/aromatic N) is 3. The molecule has 1 aliphatic rings. The first-order valence-corrected chi connectivity index (χ1v) is 10.5. The van der Waals surface area contributed by atoms with Crippen LogP contribution in [0.3, 0.4) is 0 Å². The van der Waals surface area contributed by atoms with Gasteiger partial charge in [0.15, 0.2) is 5.96 Å². The number of hydrogen-bond donors (Lipinski definition) is 1. The van der Waals surface area contributed by atoms with E-state index in [0.717, 1.165) is 23.0 Å². The Kier molecular flexibility index (Phi) is 9.28. The van der Waals surface area contributed by atoms with Crippen molar-refractivity contribution < 1.29 is 13.0 Å². The molecular formula is C20H25F2IN4OS. The van der Waals surface area contributed by atoms with Crippen LogP contribution in [0.25, 0.3) is 0 Å². The van der Waals surface area contributed by atoms with Crippen LogP contribution >= 0.6 is 24.0 Å². The van der Waals surface area contributed by atoms with E-state index < -0.39 is 22.4 Å². The van der Waals surface area contributed by atoms with E-state index in [9.17, 15) is 13.0 Å². The highest BCUT2D eigenvalue weighted by molar-refractivity contribution is 14.0. The van der Waals surface area contributed by atoms with Gasteiger partial charge in [-0.05, 0) is 24.3 Å². The van der Waals surface area contributed by atoms with Gasteiger partial charge in [0.05, 0.1) is 16.5 Å². The van der Waals surface area contributed by atoms with Crippen molar-refractivity contribution in [3.8, 4) is 0 Å². The van der Waals surface area contributed by atoms with Crippen LogP contribution in [0.15, 0.2) is 58.4 Å². The molecule has 5 nitrogen and oxygen atoms in total. The van der Waals surface area contributed by atoms with Gasteiger partial charge in [0, 0.05) is 56.5 Å². The summed E-state index contributed by atoms with van der Waals surface area (Å²) in [5, 5.41) is 3.25. The minimum absolute atomic E-state index is 0. The highest BCUT2D eigenvalue weighted by Crippen LogP contribution is 2.21. The highest BCUT2D eigenvalue weighted by Gasteiger charge is 2.22. The summed E-state index contributed by atoms with van der Waals surface area (Å²) in [4.78, 5) is 9.01. The molecule has 1 saturated heterocycles. The lowest BCUT2D eigenvalue weighted by atomic mass is 10.2. The molecule has 1 fully saturated rings. The Hall–Kier alpha value is -1.75. The third-order valence-corrected chi connectivity index (χ3v) is 5.99. The van der Waals surface area contributed by atoms with E-state index >= 15 is 0 Å². The van der Waals surface area contributed by atoms with Crippen LogP contribution in [0.2, 0.25) is 0 Å². The first kappa shape index (κ1) is 23.5. The van der Waals surface area contributed by atoms with Crippen molar-refractivity contribution in [3.63, 3.8) is 0 Å². The molecule has 0 bridgehead atoms. The van der Waals surface area contributed by atoms with Crippen LogP contribution in [-0.2, 0) is 10.8 Å². The zero-order chi connectivity index (χ0) is 19.9. The van der Waals surface area contributed by atoms with Gasteiger partial charge in [-0.3, -0.25) is 9.20 Å². The predicted octanol–water partition coefficient (Wildman–Crippen LogP) is 3.09. The lowest BCUT2D eigenvalue weighted by molar-refractivity contribution is 0.371. The average molecular weight is 534 g/mol. The van der Waals surface area contributed by atoms with E-state index in [2.05, 4.69) is 15.2 Å². The minimum Gasteiger partial charge on any atom is -0.366 e. The Morgan fingerprint density at radius 2 is 1.79 bits per heavy atom. The highest BCUT2D eigenvalue weighted by atomic mass is 127. The van der Waals surface area contributed by atoms with Crippen molar-refractivity contribution in [2.24, 2.45) is 4.99 Å². The van der Waals surface area contributed by atoms with E-state index in [1.807, 2.05) is 35.2 Å². The van der Waals surface area contributed by atoms with Crippen LogP contribution in [0.5, 0.6) is 0 Å². The zero-order valence-corrected chi connectivity index (χ0v) is 19.3. The standard InChI is InChI=1S/C20H24F2N4OS.HI/c1-23-20(24-9-14-28(27)17-5-3-2-4-6-17)26-12-10-25(11-13-26)19-15-16(21)7-8-18(19)22;/h2-8,15H,9-14H2,1H3,(H,23,24);1H. The van der Waals surface area contributed by atoms with Crippen molar-refractivity contribution in [1.82, 2.24) is 10.2 Å². The monoisotopic (exact) mass is 534 g/mol. The third-order valence-electron chi connectivity index (χ3n) is 4.62. The van der Waals surface area contributed by atoms with Crippen molar-refractivity contribution >= 4 is 46.4 Å². The molecule has 1 N–H and O–H groups in total. The third kappa shape index (κ3) is 6.36. The van der Waals surface area contributed by atoms with Gasteiger partial charge in [0.2, 0.25) is 0 Å². The molecule has 0 aliphatic carbocycles. The maximum Gasteiger partial charge on any atom is 0.193 e. The molecule has 2 aromatic carbocycles. The largest absolute Gasteiger partial charge is 0.366 e. The van der Waals surface area contributed by atoms with E-state index in [1.165, 1.54) is 6.07 Å². The fourth-order valence-electron chi connectivity index (χ4n) is 3.17. The summed E-state index contributed by atoms with van der Waals surface area (Å²) < 4.78 is 39.7. The molecule has 2 aromatic rings. The van der Waals surface area contributed by atoms with Crippen molar-refractivity contribution in [3.05, 3.63) is 60.2 Å². The number of guanidine groups is 1. The molecular weight excluding hydrogens is 509 g/mol. The van der Waals surface area contributed by atoms with Gasteiger partial charge in [0.25, 0.3) is 0 Å². The Morgan fingerprint density at radius 1 is 1.10 bits per heavy atom. The molecule has 0 amide bonds. The van der Waals surface area contributed by atoms with Crippen molar-refractivity contribution in [2.75, 3.05) is 50.4 Å². The number of nitrogens with one attached hydrogen (secondary N) is 1. The van der Waals surface area contributed by atoms with Crippen molar-refractivity contribution in [1.29, 1.82) is 0 Å². The number of rotatable bonds is 5. The Labute approximate surface area is 189 Å². The first-order valence-electron chi connectivity index (χ1n) is 9.17. The second-order valence-electron chi connectivity index (χ2n) is 6.41. The fourth-order valence-corrected chi connectivity index (χ4v) is 4.15. The molecule has 0 saturated carbocycles. The molecule has 1 unspecified atom stereocenters.